The van der Waals surface area contributed by atoms with Crippen LogP contribution in [0.25, 0.3) is 0 Å². The molecule has 0 radical (unpaired) electrons. The smallest absolute Gasteiger partial charge is 0.380 e. The van der Waals surface area contributed by atoms with Crippen molar-refractivity contribution in [3.63, 3.8) is 0 Å². The van der Waals surface area contributed by atoms with Gasteiger partial charge >= 0.3 is 7.32 Å². The molecule has 0 N–H and O–H groups in total. The molecule has 0 fully saturated rings. The predicted octanol–water partition coefficient (Wildman–Crippen LogP) is -1.06. The maximum absolute atomic E-state index is 5.34. The number of rotatable bonds is 6. The molecule has 11 heteroatoms. The zero-order valence-corrected chi connectivity index (χ0v) is 11.1. The summed E-state index contributed by atoms with van der Waals surface area (Å²) in [6.45, 7) is 0. The molecule has 3 aromatic rings. The van der Waals surface area contributed by atoms with Crippen molar-refractivity contribution < 1.29 is 31.3 Å². The van der Waals surface area contributed by atoms with E-state index in [1.165, 1.54) is 14.5 Å². The SMILES string of the molecule is [Fe].c1cnn(OB(On2cccn2)On2cccn2)c1. The fourth-order valence-corrected chi connectivity index (χ4v) is 1.27. The van der Waals surface area contributed by atoms with Crippen LogP contribution in [0.15, 0.2) is 55.4 Å². The molecule has 0 saturated carbocycles. The van der Waals surface area contributed by atoms with Crippen LogP contribution in [0.2, 0.25) is 0 Å². The van der Waals surface area contributed by atoms with E-state index in [1.807, 2.05) is 0 Å². The van der Waals surface area contributed by atoms with Gasteiger partial charge in [0.15, 0.2) is 0 Å². The van der Waals surface area contributed by atoms with Gasteiger partial charge in [0.05, 0.1) is 37.2 Å². The van der Waals surface area contributed by atoms with Crippen molar-refractivity contribution >= 4 is 7.32 Å². The van der Waals surface area contributed by atoms with Crippen LogP contribution in [0, 0.1) is 0 Å². The van der Waals surface area contributed by atoms with Crippen molar-refractivity contribution in [1.29, 1.82) is 0 Å². The van der Waals surface area contributed by atoms with E-state index in [-0.39, 0.29) is 17.1 Å². The Morgan fingerprint density at radius 2 is 1.00 bits per heavy atom. The van der Waals surface area contributed by atoms with E-state index in [0.29, 0.717) is 0 Å². The molecule has 9 nitrogen and oxygen atoms in total. The average Bonchev–Trinajstić information content (AvgIpc) is 3.10. The average molecular weight is 316 g/mol. The van der Waals surface area contributed by atoms with E-state index in [1.54, 1.807) is 55.4 Å². The molecule has 20 heavy (non-hydrogen) atoms. The van der Waals surface area contributed by atoms with Crippen LogP contribution >= 0.6 is 0 Å². The quantitative estimate of drug-likeness (QED) is 0.540. The first-order chi connectivity index (χ1) is 9.40. The molecule has 104 valence electrons. The van der Waals surface area contributed by atoms with Gasteiger partial charge < -0.3 is 14.3 Å². The van der Waals surface area contributed by atoms with Gasteiger partial charge in [-0.2, -0.15) is 0 Å². The van der Waals surface area contributed by atoms with Crippen LogP contribution in [0.5, 0.6) is 0 Å². The van der Waals surface area contributed by atoms with Gasteiger partial charge in [0.1, 0.15) is 0 Å². The molecule has 3 rings (SSSR count). The van der Waals surface area contributed by atoms with E-state index >= 15 is 0 Å². The van der Waals surface area contributed by atoms with Crippen LogP contribution in [0.3, 0.4) is 0 Å². The summed E-state index contributed by atoms with van der Waals surface area (Å²) in [6, 6.07) is 5.12. The summed E-state index contributed by atoms with van der Waals surface area (Å²) in [5.74, 6) is 0. The number of nitrogens with zero attached hydrogens (tertiary/aromatic N) is 6. The molecule has 0 spiro atoms. The summed E-state index contributed by atoms with van der Waals surface area (Å²) in [6.07, 6.45) is 9.51. The van der Waals surface area contributed by atoms with E-state index < -0.39 is 7.32 Å². The van der Waals surface area contributed by atoms with E-state index in [9.17, 15) is 0 Å². The Hall–Kier alpha value is -2.39. The van der Waals surface area contributed by atoms with Gasteiger partial charge in [-0.3, -0.25) is 0 Å². The van der Waals surface area contributed by atoms with Gasteiger partial charge in [-0.05, 0) is 18.2 Å². The minimum Gasteiger partial charge on any atom is -0.380 e. The van der Waals surface area contributed by atoms with Crippen molar-refractivity contribution in [3.05, 3.63) is 55.4 Å². The Balaban J connectivity index is 0.00000147. The first-order valence-electron chi connectivity index (χ1n) is 5.40. The molecule has 0 unspecified atom stereocenters. The van der Waals surface area contributed by atoms with Gasteiger partial charge in [-0.1, -0.05) is 0 Å². The fraction of sp³-hybridized carbons (Fsp3) is 0. The van der Waals surface area contributed by atoms with Gasteiger partial charge in [0, 0.05) is 17.1 Å². The third kappa shape index (κ3) is 3.56. The minimum absolute atomic E-state index is 0. The number of aromatic nitrogens is 6. The molecular formula is C9H9BFeN6O3. The summed E-state index contributed by atoms with van der Waals surface area (Å²) in [5.41, 5.74) is 0. The maximum atomic E-state index is 5.34. The van der Waals surface area contributed by atoms with Crippen LogP contribution < -0.4 is 14.3 Å². The Morgan fingerprint density at radius 3 is 1.25 bits per heavy atom. The molecule has 0 aliphatic carbocycles. The van der Waals surface area contributed by atoms with Crippen LogP contribution in [-0.4, -0.2) is 37.2 Å². The third-order valence-corrected chi connectivity index (χ3v) is 2.02. The second kappa shape index (κ2) is 6.69. The standard InChI is InChI=1S/C9H9BN6O3.Fe/c1-4-11-14(7-1)17-10(18-15-8-2-5-12-15)19-16-9-3-6-13-16;/h1-9H;. The van der Waals surface area contributed by atoms with E-state index in [2.05, 4.69) is 15.3 Å². The molecule has 0 atom stereocenters. The van der Waals surface area contributed by atoms with Gasteiger partial charge in [0.25, 0.3) is 0 Å². The van der Waals surface area contributed by atoms with Crippen LogP contribution in [-0.2, 0) is 17.1 Å². The molecule has 0 aromatic carbocycles. The van der Waals surface area contributed by atoms with Crippen LogP contribution in [0.4, 0.5) is 0 Å². The Morgan fingerprint density at radius 1 is 0.650 bits per heavy atom. The first-order valence-corrected chi connectivity index (χ1v) is 5.40. The van der Waals surface area contributed by atoms with Crippen molar-refractivity contribution in [3.8, 4) is 0 Å². The maximum Gasteiger partial charge on any atom is 0.929 e. The molecule has 3 heterocycles. The van der Waals surface area contributed by atoms with Gasteiger partial charge in [-0.25, -0.2) is 0 Å². The molecule has 0 aliphatic heterocycles. The first kappa shape index (κ1) is 14.0. The van der Waals surface area contributed by atoms with Crippen molar-refractivity contribution in [2.45, 2.75) is 0 Å². The summed E-state index contributed by atoms with van der Waals surface area (Å²) < 4.78 is 16.0. The number of hydrogen-bond donors (Lipinski definition) is 0. The van der Waals surface area contributed by atoms with Gasteiger partial charge in [0.2, 0.25) is 0 Å². The molecular weight excluding hydrogens is 307 g/mol. The molecule has 0 bridgehead atoms. The summed E-state index contributed by atoms with van der Waals surface area (Å²) in [4.78, 5) is 3.62. The van der Waals surface area contributed by atoms with E-state index in [4.69, 9.17) is 14.3 Å². The van der Waals surface area contributed by atoms with E-state index in [0.717, 1.165) is 0 Å². The Kier molecular flexibility index (Phi) is 4.69. The van der Waals surface area contributed by atoms with Gasteiger partial charge in [-0.15, -0.1) is 29.8 Å². The zero-order valence-electron chi connectivity index (χ0n) is 10.0. The monoisotopic (exact) mass is 316 g/mol. The van der Waals surface area contributed by atoms with Crippen molar-refractivity contribution in [2.24, 2.45) is 0 Å². The Labute approximate surface area is 124 Å². The molecule has 0 aliphatic rings. The third-order valence-electron chi connectivity index (χ3n) is 2.02. The van der Waals surface area contributed by atoms with Crippen molar-refractivity contribution in [2.75, 3.05) is 0 Å². The Bertz CT molecular complexity index is 501. The normalized spacial score (nSPS) is 9.60. The second-order valence-corrected chi connectivity index (χ2v) is 3.33. The second-order valence-electron chi connectivity index (χ2n) is 3.33. The van der Waals surface area contributed by atoms with Crippen molar-refractivity contribution in [1.82, 2.24) is 29.8 Å². The summed E-state index contributed by atoms with van der Waals surface area (Å²) >= 11 is 0. The minimum atomic E-state index is -1.11. The summed E-state index contributed by atoms with van der Waals surface area (Å²) in [7, 11) is -1.11. The summed E-state index contributed by atoms with van der Waals surface area (Å²) in [5, 5.41) is 11.7. The molecule has 3 aromatic heterocycles. The number of hydrogen-bond acceptors (Lipinski definition) is 6. The fourth-order valence-electron chi connectivity index (χ4n) is 1.27. The molecule has 0 saturated heterocycles. The van der Waals surface area contributed by atoms with Crippen LogP contribution in [0.1, 0.15) is 0 Å². The topological polar surface area (TPSA) is 81.1 Å². The predicted molar refractivity (Wildman–Crippen MR) is 62.2 cm³/mol. The zero-order chi connectivity index (χ0) is 12.9. The molecule has 0 amide bonds. The largest absolute Gasteiger partial charge is 0.929 e.